The number of hydrogen-bond acceptors (Lipinski definition) is 7. The van der Waals surface area contributed by atoms with Crippen LogP contribution in [0, 0.1) is 10.1 Å². The number of carbonyl (C=O) groups is 1. The fraction of sp³-hybridized carbons (Fsp3) is 0.250. The van der Waals surface area contributed by atoms with Crippen molar-refractivity contribution in [2.75, 3.05) is 6.54 Å². The fourth-order valence-electron chi connectivity index (χ4n) is 3.53. The van der Waals surface area contributed by atoms with Gasteiger partial charge in [0.1, 0.15) is 17.5 Å². The van der Waals surface area contributed by atoms with Gasteiger partial charge in [0.05, 0.1) is 30.3 Å². The summed E-state index contributed by atoms with van der Waals surface area (Å²) in [4.78, 5) is 40.0. The molecule has 0 saturated heterocycles. The van der Waals surface area contributed by atoms with Gasteiger partial charge in [-0.05, 0) is 43.7 Å². The van der Waals surface area contributed by atoms with Gasteiger partial charge in [0.15, 0.2) is 5.65 Å². The van der Waals surface area contributed by atoms with Gasteiger partial charge >= 0.3 is 0 Å². The van der Waals surface area contributed by atoms with Crippen LogP contribution in [0.15, 0.2) is 65.8 Å². The normalized spacial score (nSPS) is 11.1. The molecule has 35 heavy (non-hydrogen) atoms. The van der Waals surface area contributed by atoms with E-state index in [9.17, 15) is 19.7 Å². The van der Waals surface area contributed by atoms with E-state index in [0.717, 1.165) is 5.56 Å². The smallest absolute Gasteiger partial charge is 0.269 e. The first-order valence-corrected chi connectivity index (χ1v) is 11.0. The monoisotopic (exact) mass is 476 g/mol. The first-order chi connectivity index (χ1) is 16.8. The molecule has 0 radical (unpaired) electrons. The molecule has 0 unspecified atom stereocenters. The van der Waals surface area contributed by atoms with Crippen molar-refractivity contribution >= 4 is 22.6 Å². The van der Waals surface area contributed by atoms with E-state index >= 15 is 0 Å². The summed E-state index contributed by atoms with van der Waals surface area (Å²) in [5.41, 5.74) is 1.38. The SMILES string of the molecule is CC(C)Oc1ccc(C(=O)NCCn2ncc3c(=O)n(Cc4ccc([N+](=O)[O-])cc4)cnc32)cc1. The van der Waals surface area contributed by atoms with E-state index in [1.165, 1.54) is 29.2 Å². The van der Waals surface area contributed by atoms with Gasteiger partial charge in [0.25, 0.3) is 17.2 Å². The number of hydrogen-bond donors (Lipinski definition) is 1. The third-order valence-electron chi connectivity index (χ3n) is 5.22. The molecule has 0 aliphatic rings. The number of fused-ring (bicyclic) bond motifs is 1. The lowest BCUT2D eigenvalue weighted by Crippen LogP contribution is -2.27. The van der Waals surface area contributed by atoms with Crippen LogP contribution in [-0.2, 0) is 13.1 Å². The molecule has 0 saturated carbocycles. The zero-order valence-electron chi connectivity index (χ0n) is 19.2. The standard InChI is InChI=1S/C24H24N6O5/c1-16(2)35-20-9-5-18(6-10-20)23(31)25-11-12-29-22-21(13-27-29)24(32)28(15-26-22)14-17-3-7-19(8-4-17)30(33)34/h3-10,13,15-16H,11-12,14H2,1-2H3,(H,25,31). The lowest BCUT2D eigenvalue weighted by molar-refractivity contribution is -0.384. The molecule has 1 N–H and O–H groups in total. The molecule has 4 aromatic rings. The minimum absolute atomic E-state index is 0.0137. The van der Waals surface area contributed by atoms with Gasteiger partial charge in [-0.15, -0.1) is 0 Å². The number of carbonyl (C=O) groups excluding carboxylic acids is 1. The number of aromatic nitrogens is 4. The Kier molecular flexibility index (Phi) is 6.86. The van der Waals surface area contributed by atoms with Crippen molar-refractivity contribution in [1.29, 1.82) is 0 Å². The van der Waals surface area contributed by atoms with E-state index in [4.69, 9.17) is 4.74 Å². The van der Waals surface area contributed by atoms with Crippen molar-refractivity contribution in [2.45, 2.75) is 33.0 Å². The minimum Gasteiger partial charge on any atom is -0.491 e. The molecule has 2 aromatic carbocycles. The Labute approximate surface area is 200 Å². The molecule has 1 amide bonds. The number of nitro benzene ring substituents is 1. The fourth-order valence-corrected chi connectivity index (χ4v) is 3.53. The second-order valence-electron chi connectivity index (χ2n) is 8.15. The van der Waals surface area contributed by atoms with Gasteiger partial charge in [-0.1, -0.05) is 12.1 Å². The first kappa shape index (κ1) is 23.6. The summed E-state index contributed by atoms with van der Waals surface area (Å²) in [6, 6.07) is 12.9. The predicted octanol–water partition coefficient (Wildman–Crippen LogP) is 2.77. The van der Waals surface area contributed by atoms with Crippen LogP contribution in [0.25, 0.3) is 11.0 Å². The lowest BCUT2D eigenvalue weighted by atomic mass is 10.2. The van der Waals surface area contributed by atoms with Crippen molar-refractivity contribution in [3.63, 3.8) is 0 Å². The number of ether oxygens (including phenoxy) is 1. The number of nitrogens with one attached hydrogen (secondary N) is 1. The molecule has 0 bridgehead atoms. The highest BCUT2D eigenvalue weighted by molar-refractivity contribution is 5.94. The second-order valence-corrected chi connectivity index (χ2v) is 8.15. The van der Waals surface area contributed by atoms with Gasteiger partial charge in [0, 0.05) is 24.2 Å². The molecule has 11 heteroatoms. The molecule has 0 aliphatic heterocycles. The molecule has 11 nitrogen and oxygen atoms in total. The number of non-ortho nitro benzene ring substituents is 1. The van der Waals surface area contributed by atoms with Crippen LogP contribution in [0.2, 0.25) is 0 Å². The van der Waals surface area contributed by atoms with E-state index in [1.54, 1.807) is 41.1 Å². The third kappa shape index (κ3) is 5.52. The highest BCUT2D eigenvalue weighted by atomic mass is 16.6. The predicted molar refractivity (Wildman–Crippen MR) is 129 cm³/mol. The topological polar surface area (TPSA) is 134 Å². The minimum atomic E-state index is -0.473. The molecule has 2 aromatic heterocycles. The average molecular weight is 476 g/mol. The molecule has 2 heterocycles. The Morgan fingerprint density at radius 3 is 2.51 bits per heavy atom. The first-order valence-electron chi connectivity index (χ1n) is 11.0. The lowest BCUT2D eigenvalue weighted by Gasteiger charge is -2.10. The van der Waals surface area contributed by atoms with E-state index < -0.39 is 4.92 Å². The maximum Gasteiger partial charge on any atom is 0.269 e. The van der Waals surface area contributed by atoms with Crippen LogP contribution in [0.1, 0.15) is 29.8 Å². The van der Waals surface area contributed by atoms with Gasteiger partial charge < -0.3 is 10.1 Å². The molecule has 0 spiro atoms. The van der Waals surface area contributed by atoms with Crippen LogP contribution in [-0.4, -0.2) is 42.8 Å². The van der Waals surface area contributed by atoms with Crippen molar-refractivity contribution in [2.24, 2.45) is 0 Å². The number of nitrogens with zero attached hydrogens (tertiary/aromatic N) is 5. The number of rotatable bonds is 9. The molecule has 0 fully saturated rings. The maximum atomic E-state index is 12.9. The van der Waals surface area contributed by atoms with Crippen molar-refractivity contribution in [3.8, 4) is 5.75 Å². The average Bonchev–Trinajstić information content (AvgIpc) is 3.25. The molecular formula is C24H24N6O5. The maximum absolute atomic E-state index is 12.9. The largest absolute Gasteiger partial charge is 0.491 e. The molecule has 4 rings (SSSR count). The number of nitro groups is 1. The quantitative estimate of drug-likeness (QED) is 0.290. The van der Waals surface area contributed by atoms with Crippen LogP contribution >= 0.6 is 0 Å². The van der Waals surface area contributed by atoms with E-state index in [1.807, 2.05) is 13.8 Å². The number of benzene rings is 2. The summed E-state index contributed by atoms with van der Waals surface area (Å²) >= 11 is 0. The van der Waals surface area contributed by atoms with E-state index in [2.05, 4.69) is 15.4 Å². The Morgan fingerprint density at radius 2 is 1.86 bits per heavy atom. The van der Waals surface area contributed by atoms with Crippen molar-refractivity contribution in [1.82, 2.24) is 24.6 Å². The van der Waals surface area contributed by atoms with Crippen LogP contribution in [0.5, 0.6) is 5.75 Å². The van der Waals surface area contributed by atoms with Crippen molar-refractivity contribution < 1.29 is 14.5 Å². The molecular weight excluding hydrogens is 452 g/mol. The summed E-state index contributed by atoms with van der Waals surface area (Å²) < 4.78 is 8.57. The van der Waals surface area contributed by atoms with Gasteiger partial charge in [-0.2, -0.15) is 5.10 Å². The Balaban J connectivity index is 1.39. The summed E-state index contributed by atoms with van der Waals surface area (Å²) in [6.07, 6.45) is 2.93. The third-order valence-corrected chi connectivity index (χ3v) is 5.22. The van der Waals surface area contributed by atoms with Gasteiger partial charge in [-0.3, -0.25) is 24.3 Å². The molecule has 0 atom stereocenters. The summed E-state index contributed by atoms with van der Waals surface area (Å²) in [6.45, 7) is 4.73. The Hall–Kier alpha value is -4.54. The summed E-state index contributed by atoms with van der Waals surface area (Å²) in [5, 5.41) is 18.2. The van der Waals surface area contributed by atoms with Gasteiger partial charge in [0.2, 0.25) is 0 Å². The highest BCUT2D eigenvalue weighted by Crippen LogP contribution is 2.14. The zero-order valence-corrected chi connectivity index (χ0v) is 19.2. The van der Waals surface area contributed by atoms with Crippen molar-refractivity contribution in [3.05, 3.63) is 92.7 Å². The molecule has 180 valence electrons. The van der Waals surface area contributed by atoms with E-state index in [0.29, 0.717) is 35.4 Å². The highest BCUT2D eigenvalue weighted by Gasteiger charge is 2.12. The van der Waals surface area contributed by atoms with Gasteiger partial charge in [-0.25, -0.2) is 9.67 Å². The van der Waals surface area contributed by atoms with Crippen LogP contribution in [0.3, 0.4) is 0 Å². The summed E-state index contributed by atoms with van der Waals surface area (Å²) in [7, 11) is 0. The van der Waals surface area contributed by atoms with E-state index in [-0.39, 0.29) is 29.8 Å². The number of amides is 1. The second kappa shape index (κ2) is 10.2. The molecule has 0 aliphatic carbocycles. The Morgan fingerprint density at radius 1 is 1.14 bits per heavy atom. The summed E-state index contributed by atoms with van der Waals surface area (Å²) in [5.74, 6) is 0.473. The van der Waals surface area contributed by atoms with Crippen LogP contribution < -0.4 is 15.6 Å². The Bertz CT molecular complexity index is 1410. The zero-order chi connectivity index (χ0) is 24.9. The van der Waals surface area contributed by atoms with Crippen LogP contribution in [0.4, 0.5) is 5.69 Å².